The summed E-state index contributed by atoms with van der Waals surface area (Å²) in [7, 11) is 0. The monoisotopic (exact) mass is 676 g/mol. The minimum Gasteiger partial charge on any atom is -0.463 e. The van der Waals surface area contributed by atoms with E-state index in [0.29, 0.717) is 6.42 Å². The molecule has 0 radical (unpaired) electrons. The maximum absolute atomic E-state index is 12.5. The van der Waals surface area contributed by atoms with Gasteiger partial charge in [-0.1, -0.05) is 62.6 Å². The quantitative estimate of drug-likeness (QED) is 0.0433. The first-order valence-electron chi connectivity index (χ1n) is 16.6. The number of esters is 1. The number of ether oxygens (including phenoxy) is 5. The van der Waals surface area contributed by atoms with Crippen LogP contribution in [0, 0.1) is 0 Å². The van der Waals surface area contributed by atoms with Gasteiger partial charge in [-0.2, -0.15) is 0 Å². The lowest BCUT2D eigenvalue weighted by atomic mass is 9.99. The van der Waals surface area contributed by atoms with Gasteiger partial charge < -0.3 is 64.5 Å². The smallest absolute Gasteiger partial charge is 0.305 e. The predicted octanol–water partition coefficient (Wildman–Crippen LogP) is 0.121. The third kappa shape index (κ3) is 14.7. The van der Waals surface area contributed by atoms with Crippen LogP contribution in [0.4, 0.5) is 0 Å². The summed E-state index contributed by atoms with van der Waals surface area (Å²) in [6.45, 7) is -0.0880. The minimum absolute atomic E-state index is 0.153. The van der Waals surface area contributed by atoms with Crippen LogP contribution in [-0.4, -0.2) is 141 Å². The molecule has 2 aliphatic heterocycles. The molecule has 0 bridgehead atoms. The summed E-state index contributed by atoms with van der Waals surface area (Å²) in [5.74, 6) is -0.513. The topological polar surface area (TPSA) is 225 Å². The van der Waals surface area contributed by atoms with Crippen molar-refractivity contribution in [2.24, 2.45) is 0 Å². The molecule has 0 aromatic rings. The van der Waals surface area contributed by atoms with Crippen LogP contribution in [0.5, 0.6) is 0 Å². The highest BCUT2D eigenvalue weighted by atomic mass is 16.7. The van der Waals surface area contributed by atoms with E-state index in [1.165, 1.54) is 0 Å². The van der Waals surface area contributed by atoms with E-state index in [1.54, 1.807) is 0 Å². The fourth-order valence-electron chi connectivity index (χ4n) is 5.05. The van der Waals surface area contributed by atoms with Gasteiger partial charge in [-0.25, -0.2) is 0 Å². The van der Waals surface area contributed by atoms with Gasteiger partial charge in [0.05, 0.1) is 19.8 Å². The molecule has 272 valence electrons. The van der Waals surface area contributed by atoms with Crippen LogP contribution in [0.25, 0.3) is 0 Å². The number of aliphatic hydroxyl groups excluding tert-OH is 8. The molecule has 2 fully saturated rings. The second-order valence-electron chi connectivity index (χ2n) is 11.8. The number of carbonyl (C=O) groups is 1. The summed E-state index contributed by atoms with van der Waals surface area (Å²) in [5.41, 5.74) is 0. The molecule has 0 spiro atoms. The van der Waals surface area contributed by atoms with Crippen molar-refractivity contribution in [3.63, 3.8) is 0 Å². The van der Waals surface area contributed by atoms with Crippen LogP contribution in [-0.2, 0) is 28.5 Å². The second-order valence-corrected chi connectivity index (χ2v) is 11.8. The van der Waals surface area contributed by atoms with Gasteiger partial charge in [0.25, 0.3) is 0 Å². The Bertz CT molecular complexity index is 925. The first-order chi connectivity index (χ1) is 22.6. The Labute approximate surface area is 276 Å². The Hall–Kier alpha value is -1.79. The molecule has 0 amide bonds. The number of allylic oxidation sites excluding steroid dienone is 6. The molecule has 0 aromatic carbocycles. The van der Waals surface area contributed by atoms with Crippen LogP contribution in [0.3, 0.4) is 0 Å². The van der Waals surface area contributed by atoms with Crippen LogP contribution in [0.2, 0.25) is 0 Å². The fraction of sp³-hybridized carbons (Fsp3) is 0.788. The van der Waals surface area contributed by atoms with Gasteiger partial charge in [-0.3, -0.25) is 4.79 Å². The summed E-state index contributed by atoms with van der Waals surface area (Å²) in [6, 6.07) is 0. The standard InChI is InChI=1S/C33H56O14/c1-2-3-4-5-6-7-8-9-10-11-12-13-14-15-16-17-25(36)43-20-22(45-33-31(42)29(40)27(38)24(19-35)47-33)21-44-32-30(41)28(39)26(37)23(18-34)46-32/h3-4,6-7,9-10,22-24,26-35,37-42H,2,5,8,11-21H2,1H3/b4-3-,7-6-,10-9-/t22-,23+,24+,26-,27-,28-,29-,30+,31+,32+,33+/m0/s1. The van der Waals surface area contributed by atoms with E-state index in [1.807, 2.05) is 0 Å². The van der Waals surface area contributed by atoms with Gasteiger partial charge in [0.15, 0.2) is 12.6 Å². The van der Waals surface area contributed by atoms with Gasteiger partial charge in [-0.15, -0.1) is 0 Å². The van der Waals surface area contributed by atoms with E-state index >= 15 is 0 Å². The van der Waals surface area contributed by atoms with E-state index in [0.717, 1.165) is 51.4 Å². The zero-order chi connectivity index (χ0) is 34.6. The van der Waals surface area contributed by atoms with Gasteiger partial charge in [0.2, 0.25) is 0 Å². The average molecular weight is 677 g/mol. The number of rotatable bonds is 22. The first-order valence-corrected chi connectivity index (χ1v) is 16.6. The molecule has 0 aliphatic carbocycles. The molecule has 14 nitrogen and oxygen atoms in total. The van der Waals surface area contributed by atoms with Crippen molar-refractivity contribution in [3.05, 3.63) is 36.5 Å². The van der Waals surface area contributed by atoms with Crippen LogP contribution < -0.4 is 0 Å². The second kappa shape index (κ2) is 23.5. The molecular weight excluding hydrogens is 620 g/mol. The number of hydrogen-bond acceptors (Lipinski definition) is 14. The third-order valence-electron chi connectivity index (χ3n) is 7.93. The normalized spacial score (nSPS) is 32.4. The summed E-state index contributed by atoms with van der Waals surface area (Å²) in [4.78, 5) is 12.5. The number of carbonyl (C=O) groups excluding carboxylic acids is 1. The Morgan fingerprint density at radius 1 is 0.660 bits per heavy atom. The van der Waals surface area contributed by atoms with Crippen LogP contribution in [0.1, 0.15) is 71.1 Å². The van der Waals surface area contributed by atoms with Gasteiger partial charge in [0, 0.05) is 6.42 Å². The predicted molar refractivity (Wildman–Crippen MR) is 169 cm³/mol. The van der Waals surface area contributed by atoms with Gasteiger partial charge in [0.1, 0.15) is 61.5 Å². The van der Waals surface area contributed by atoms with Crippen molar-refractivity contribution in [3.8, 4) is 0 Å². The maximum Gasteiger partial charge on any atom is 0.305 e. The number of aliphatic hydroxyl groups is 8. The van der Waals surface area contributed by atoms with Crippen molar-refractivity contribution < 1.29 is 69.3 Å². The Kier molecular flexibility index (Phi) is 20.7. The molecule has 0 saturated carbocycles. The molecule has 2 saturated heterocycles. The van der Waals surface area contributed by atoms with E-state index in [2.05, 4.69) is 43.4 Å². The molecule has 0 aromatic heterocycles. The molecule has 2 heterocycles. The lowest BCUT2D eigenvalue weighted by Crippen LogP contribution is -2.60. The van der Waals surface area contributed by atoms with Gasteiger partial charge in [-0.05, 0) is 38.5 Å². The van der Waals surface area contributed by atoms with E-state index in [4.69, 9.17) is 23.7 Å². The van der Waals surface area contributed by atoms with E-state index in [-0.39, 0.29) is 6.42 Å². The molecule has 2 rings (SSSR count). The molecular formula is C33H56O14. The Morgan fingerprint density at radius 2 is 1.19 bits per heavy atom. The molecule has 0 unspecified atom stereocenters. The van der Waals surface area contributed by atoms with E-state index < -0.39 is 99.9 Å². The first kappa shape index (κ1) is 41.4. The van der Waals surface area contributed by atoms with Crippen molar-refractivity contribution in [2.45, 2.75) is 139 Å². The summed E-state index contributed by atoms with van der Waals surface area (Å²) in [5, 5.41) is 79.8. The third-order valence-corrected chi connectivity index (χ3v) is 7.93. The molecule has 2 aliphatic rings. The molecule has 8 N–H and O–H groups in total. The molecule has 14 heteroatoms. The summed E-state index contributed by atoms with van der Waals surface area (Å²) >= 11 is 0. The summed E-state index contributed by atoms with van der Waals surface area (Å²) < 4.78 is 27.3. The maximum atomic E-state index is 12.5. The Morgan fingerprint density at radius 3 is 1.81 bits per heavy atom. The number of hydrogen-bond donors (Lipinski definition) is 8. The highest BCUT2D eigenvalue weighted by Crippen LogP contribution is 2.25. The molecule has 11 atom stereocenters. The fourth-order valence-corrected chi connectivity index (χ4v) is 5.05. The largest absolute Gasteiger partial charge is 0.463 e. The zero-order valence-electron chi connectivity index (χ0n) is 27.2. The highest BCUT2D eigenvalue weighted by Gasteiger charge is 2.46. The van der Waals surface area contributed by atoms with E-state index in [9.17, 15) is 45.6 Å². The molecule has 47 heavy (non-hydrogen) atoms. The average Bonchev–Trinajstić information content (AvgIpc) is 3.07. The lowest BCUT2D eigenvalue weighted by molar-refractivity contribution is -0.330. The van der Waals surface area contributed by atoms with Crippen molar-refractivity contribution in [1.29, 1.82) is 0 Å². The van der Waals surface area contributed by atoms with Crippen LogP contribution in [0.15, 0.2) is 36.5 Å². The Balaban J connectivity index is 1.78. The van der Waals surface area contributed by atoms with Gasteiger partial charge >= 0.3 is 5.97 Å². The van der Waals surface area contributed by atoms with Crippen LogP contribution >= 0.6 is 0 Å². The number of unbranched alkanes of at least 4 members (excludes halogenated alkanes) is 5. The van der Waals surface area contributed by atoms with Crippen molar-refractivity contribution in [1.82, 2.24) is 0 Å². The lowest BCUT2D eigenvalue weighted by Gasteiger charge is -2.41. The SMILES string of the molecule is CC/C=C\C/C=C\C/C=C\CCCCCCCC(=O)OC[C@@H](CO[C@@H]1O[C@H](CO)[C@H](O)[C@H](O)[C@H]1O)O[C@@H]1O[C@H](CO)[C@H](O)[C@H](O)[C@H]1O. The van der Waals surface area contributed by atoms with Crippen molar-refractivity contribution in [2.75, 3.05) is 26.4 Å². The highest BCUT2D eigenvalue weighted by molar-refractivity contribution is 5.69. The summed E-state index contributed by atoms with van der Waals surface area (Å²) in [6.07, 6.45) is 4.89. The zero-order valence-corrected chi connectivity index (χ0v) is 27.2. The minimum atomic E-state index is -1.73. The van der Waals surface area contributed by atoms with Crippen molar-refractivity contribution >= 4 is 5.97 Å².